The molecular weight excluding hydrogens is 520 g/mol. The van der Waals surface area contributed by atoms with Gasteiger partial charge in [0, 0.05) is 24.0 Å². The van der Waals surface area contributed by atoms with Crippen LogP contribution in [-0.4, -0.2) is 80.4 Å². The van der Waals surface area contributed by atoms with Gasteiger partial charge in [-0.25, -0.2) is 0 Å². The van der Waals surface area contributed by atoms with Crippen LogP contribution in [0, 0.1) is 0 Å². The van der Waals surface area contributed by atoms with Gasteiger partial charge in [0.25, 0.3) is 0 Å². The van der Waals surface area contributed by atoms with Crippen molar-refractivity contribution < 1.29 is 48.8 Å². The minimum atomic E-state index is -2.14. The van der Waals surface area contributed by atoms with E-state index in [0.717, 1.165) is 5.56 Å². The number of hydrogen-bond acceptors (Lipinski definition) is 10. The van der Waals surface area contributed by atoms with Crippen LogP contribution in [0.25, 0.3) is 11.1 Å². The van der Waals surface area contributed by atoms with Gasteiger partial charge < -0.3 is 48.8 Å². The second-order valence-corrected chi connectivity index (χ2v) is 9.66. The summed E-state index contributed by atoms with van der Waals surface area (Å²) < 4.78 is 34.9. The summed E-state index contributed by atoms with van der Waals surface area (Å²) in [6.07, 6.45) is -0.528. The predicted octanol–water partition coefficient (Wildman–Crippen LogP) is 2.52. The van der Waals surface area contributed by atoms with Crippen LogP contribution in [0.1, 0.15) is 16.7 Å². The first-order valence-electron chi connectivity index (χ1n) is 12.7. The Hall–Kier alpha value is -3.70. The van der Waals surface area contributed by atoms with Gasteiger partial charge in [0.2, 0.25) is 11.5 Å². The van der Waals surface area contributed by atoms with Crippen LogP contribution in [0.3, 0.4) is 0 Å². The molecule has 4 N–H and O–H groups in total. The fourth-order valence-corrected chi connectivity index (χ4v) is 5.28. The summed E-state index contributed by atoms with van der Waals surface area (Å²) in [5.41, 5.74) is -1.52. The summed E-state index contributed by atoms with van der Waals surface area (Å²) in [6, 6.07) is 12.9. The summed E-state index contributed by atoms with van der Waals surface area (Å²) >= 11 is 0. The third-order valence-electron chi connectivity index (χ3n) is 7.45. The Morgan fingerprint density at radius 1 is 0.625 bits per heavy atom. The maximum Gasteiger partial charge on any atom is 0.204 e. The highest BCUT2D eigenvalue weighted by atomic mass is 16.5. The standard InChI is InChI=1S/C30H36O10/c1-35-21-11-19-13-29(33,16-31)30(34,17-32)14-20-12-22(36-2)26(40-15-18-9-7-6-8-10-18)28(39-5)24(20)23(19)27(38-4)25(21)37-3/h6-12,31-34H,13-17H2,1-5H3/t29-,30+/m1/s1. The highest BCUT2D eigenvalue weighted by molar-refractivity contribution is 5.88. The van der Waals surface area contributed by atoms with Gasteiger partial charge in [-0.15, -0.1) is 0 Å². The number of fused-ring (bicyclic) bond motifs is 3. The minimum absolute atomic E-state index is 0.215. The van der Waals surface area contributed by atoms with Crippen LogP contribution >= 0.6 is 0 Å². The van der Waals surface area contributed by atoms with Gasteiger partial charge in [-0.1, -0.05) is 30.3 Å². The Bertz CT molecular complexity index is 1340. The summed E-state index contributed by atoms with van der Waals surface area (Å²) in [6.45, 7) is -1.45. The Morgan fingerprint density at radius 2 is 1.07 bits per heavy atom. The first-order valence-corrected chi connectivity index (χ1v) is 12.7. The highest BCUT2D eigenvalue weighted by Crippen LogP contribution is 2.56. The zero-order valence-corrected chi connectivity index (χ0v) is 23.3. The largest absolute Gasteiger partial charge is 0.493 e. The van der Waals surface area contributed by atoms with E-state index in [4.69, 9.17) is 28.4 Å². The molecule has 0 amide bonds. The molecule has 10 heteroatoms. The molecule has 1 aliphatic rings. The van der Waals surface area contributed by atoms with Crippen LogP contribution in [0.5, 0.6) is 34.5 Å². The van der Waals surface area contributed by atoms with E-state index in [2.05, 4.69) is 0 Å². The zero-order chi connectivity index (χ0) is 29.1. The van der Waals surface area contributed by atoms with Crippen molar-refractivity contribution in [2.75, 3.05) is 48.8 Å². The molecule has 0 radical (unpaired) electrons. The van der Waals surface area contributed by atoms with Crippen molar-refractivity contribution >= 4 is 0 Å². The first-order chi connectivity index (χ1) is 19.2. The molecular formula is C30H36O10. The van der Waals surface area contributed by atoms with Crippen molar-refractivity contribution in [3.8, 4) is 45.6 Å². The van der Waals surface area contributed by atoms with Crippen molar-refractivity contribution in [3.05, 3.63) is 59.2 Å². The Labute approximate surface area is 233 Å². The molecule has 0 fully saturated rings. The zero-order valence-electron chi connectivity index (χ0n) is 23.3. The maximum absolute atomic E-state index is 11.6. The molecule has 0 saturated heterocycles. The first kappa shape index (κ1) is 29.3. The smallest absolute Gasteiger partial charge is 0.204 e. The van der Waals surface area contributed by atoms with E-state index >= 15 is 0 Å². The van der Waals surface area contributed by atoms with Crippen LogP contribution in [0.4, 0.5) is 0 Å². The number of methoxy groups -OCH3 is 5. The average molecular weight is 557 g/mol. The van der Waals surface area contributed by atoms with E-state index in [1.807, 2.05) is 30.3 Å². The van der Waals surface area contributed by atoms with Gasteiger partial charge >= 0.3 is 0 Å². The molecule has 0 aliphatic heterocycles. The molecule has 3 aromatic carbocycles. The summed E-state index contributed by atoms with van der Waals surface area (Å²) in [4.78, 5) is 0. The summed E-state index contributed by atoms with van der Waals surface area (Å²) in [5, 5.41) is 43.8. The van der Waals surface area contributed by atoms with Crippen molar-refractivity contribution in [1.82, 2.24) is 0 Å². The molecule has 0 saturated carbocycles. The average Bonchev–Trinajstić information content (AvgIpc) is 2.98. The second-order valence-electron chi connectivity index (χ2n) is 9.66. The molecule has 10 nitrogen and oxygen atoms in total. The van der Waals surface area contributed by atoms with Gasteiger partial charge in [-0.3, -0.25) is 0 Å². The lowest BCUT2D eigenvalue weighted by atomic mass is 9.71. The SMILES string of the molecule is COc1cc2c(c(OC)c1OC)-c1c(cc(OC)c(OCc3ccccc3)c1OC)C[C@](O)(CO)[C@](O)(CO)C2. The highest BCUT2D eigenvalue weighted by Gasteiger charge is 2.51. The molecule has 0 bridgehead atoms. The van der Waals surface area contributed by atoms with E-state index in [9.17, 15) is 20.4 Å². The quantitative estimate of drug-likeness (QED) is 0.295. The molecule has 0 unspecified atom stereocenters. The topological polar surface area (TPSA) is 136 Å². The number of aliphatic hydroxyl groups is 4. The summed E-state index contributed by atoms with van der Waals surface area (Å²) in [5.74, 6) is 1.78. The van der Waals surface area contributed by atoms with Crippen LogP contribution in [-0.2, 0) is 19.4 Å². The van der Waals surface area contributed by atoms with Gasteiger partial charge in [0.05, 0.1) is 48.8 Å². The predicted molar refractivity (Wildman–Crippen MR) is 147 cm³/mol. The third kappa shape index (κ3) is 4.88. The Morgan fingerprint density at radius 3 is 1.50 bits per heavy atom. The molecule has 0 aromatic heterocycles. The van der Waals surface area contributed by atoms with E-state index in [0.29, 0.717) is 45.3 Å². The fraction of sp³-hybridized carbons (Fsp3) is 0.400. The monoisotopic (exact) mass is 556 g/mol. The number of rotatable bonds is 10. The normalized spacial score (nSPS) is 19.9. The molecule has 2 atom stereocenters. The lowest BCUT2D eigenvalue weighted by Gasteiger charge is -2.44. The van der Waals surface area contributed by atoms with Gasteiger partial charge in [0.15, 0.2) is 23.0 Å². The molecule has 1 aliphatic carbocycles. The van der Waals surface area contributed by atoms with Crippen LogP contribution in [0.15, 0.2) is 42.5 Å². The van der Waals surface area contributed by atoms with E-state index in [1.165, 1.54) is 35.5 Å². The lowest BCUT2D eigenvalue weighted by Crippen LogP contribution is -2.62. The van der Waals surface area contributed by atoms with E-state index in [1.54, 1.807) is 12.1 Å². The van der Waals surface area contributed by atoms with Crippen molar-refractivity contribution in [3.63, 3.8) is 0 Å². The van der Waals surface area contributed by atoms with E-state index in [-0.39, 0.29) is 30.9 Å². The van der Waals surface area contributed by atoms with Crippen molar-refractivity contribution in [1.29, 1.82) is 0 Å². The van der Waals surface area contributed by atoms with Crippen molar-refractivity contribution in [2.24, 2.45) is 0 Å². The van der Waals surface area contributed by atoms with Crippen molar-refractivity contribution in [2.45, 2.75) is 30.7 Å². The molecule has 0 heterocycles. The summed E-state index contributed by atoms with van der Waals surface area (Å²) in [7, 11) is 7.37. The number of hydrogen-bond donors (Lipinski definition) is 4. The Balaban J connectivity index is 2.10. The second kappa shape index (κ2) is 11.8. The molecule has 40 heavy (non-hydrogen) atoms. The molecule has 0 spiro atoms. The maximum atomic E-state index is 11.6. The minimum Gasteiger partial charge on any atom is -0.493 e. The van der Waals surface area contributed by atoms with Gasteiger partial charge in [-0.2, -0.15) is 0 Å². The molecule has 4 rings (SSSR count). The number of aliphatic hydroxyl groups excluding tert-OH is 2. The number of ether oxygens (including phenoxy) is 6. The van der Waals surface area contributed by atoms with Crippen LogP contribution < -0.4 is 28.4 Å². The molecule has 3 aromatic rings. The number of benzene rings is 3. The third-order valence-corrected chi connectivity index (χ3v) is 7.45. The van der Waals surface area contributed by atoms with Gasteiger partial charge in [-0.05, 0) is 28.8 Å². The fourth-order valence-electron chi connectivity index (χ4n) is 5.28. The van der Waals surface area contributed by atoms with Gasteiger partial charge in [0.1, 0.15) is 17.8 Å². The lowest BCUT2D eigenvalue weighted by molar-refractivity contribution is -0.188. The van der Waals surface area contributed by atoms with E-state index < -0.39 is 24.4 Å². The molecule has 216 valence electrons. The Kier molecular flexibility index (Phi) is 8.65. The van der Waals surface area contributed by atoms with Crippen LogP contribution in [0.2, 0.25) is 0 Å².